The Hall–Kier alpha value is -3.35. The second kappa shape index (κ2) is 6.99. The first-order valence-corrected chi connectivity index (χ1v) is 8.74. The SMILES string of the molecule is COc1cccc(C2CC(=O)N(c3cccc(F)c3)C3=C2C(=O)OC3)c1OC. The van der Waals surface area contributed by atoms with Crippen LogP contribution in [0.15, 0.2) is 53.7 Å². The van der Waals surface area contributed by atoms with E-state index in [2.05, 4.69) is 0 Å². The quantitative estimate of drug-likeness (QED) is 0.759. The molecule has 0 saturated carbocycles. The van der Waals surface area contributed by atoms with E-state index >= 15 is 0 Å². The second-order valence-corrected chi connectivity index (χ2v) is 6.48. The first kappa shape index (κ1) is 18.0. The number of anilines is 1. The number of amides is 1. The highest BCUT2D eigenvalue weighted by Crippen LogP contribution is 2.46. The number of nitrogens with zero attached hydrogens (tertiary/aromatic N) is 1. The van der Waals surface area contributed by atoms with Gasteiger partial charge in [-0.25, -0.2) is 9.18 Å². The number of hydrogen-bond acceptors (Lipinski definition) is 5. The fraction of sp³-hybridized carbons (Fsp3) is 0.238. The lowest BCUT2D eigenvalue weighted by molar-refractivity contribution is -0.136. The highest BCUT2D eigenvalue weighted by Gasteiger charge is 2.44. The Labute approximate surface area is 161 Å². The summed E-state index contributed by atoms with van der Waals surface area (Å²) in [6.07, 6.45) is 0.0218. The van der Waals surface area contributed by atoms with E-state index in [9.17, 15) is 14.0 Å². The lowest BCUT2D eigenvalue weighted by Crippen LogP contribution is -2.37. The smallest absolute Gasteiger partial charge is 0.336 e. The van der Waals surface area contributed by atoms with Crippen LogP contribution in [0.3, 0.4) is 0 Å². The number of para-hydroxylation sites is 1. The van der Waals surface area contributed by atoms with Crippen molar-refractivity contribution >= 4 is 17.6 Å². The fourth-order valence-electron chi connectivity index (χ4n) is 3.82. The fourth-order valence-corrected chi connectivity index (χ4v) is 3.82. The molecule has 0 bridgehead atoms. The van der Waals surface area contributed by atoms with Gasteiger partial charge in [0.1, 0.15) is 12.4 Å². The van der Waals surface area contributed by atoms with Gasteiger partial charge in [0.15, 0.2) is 11.5 Å². The normalized spacial score (nSPS) is 18.8. The van der Waals surface area contributed by atoms with Gasteiger partial charge in [-0.1, -0.05) is 18.2 Å². The molecule has 2 aliphatic rings. The number of hydrogen-bond donors (Lipinski definition) is 0. The van der Waals surface area contributed by atoms with Gasteiger partial charge in [0.05, 0.1) is 31.2 Å². The number of carbonyl (C=O) groups excluding carboxylic acids is 2. The summed E-state index contributed by atoms with van der Waals surface area (Å²) in [6.45, 7) is -0.0425. The maximum absolute atomic E-state index is 13.7. The Morgan fingerprint density at radius 1 is 1.11 bits per heavy atom. The van der Waals surface area contributed by atoms with Crippen molar-refractivity contribution in [3.63, 3.8) is 0 Å². The maximum atomic E-state index is 13.7. The molecule has 0 fully saturated rings. The van der Waals surface area contributed by atoms with Crippen LogP contribution in [-0.4, -0.2) is 32.7 Å². The second-order valence-electron chi connectivity index (χ2n) is 6.48. The zero-order chi connectivity index (χ0) is 19.8. The molecule has 0 aliphatic carbocycles. The molecule has 28 heavy (non-hydrogen) atoms. The van der Waals surface area contributed by atoms with Crippen LogP contribution in [0.1, 0.15) is 17.9 Å². The third-order valence-corrected chi connectivity index (χ3v) is 4.99. The third kappa shape index (κ3) is 2.79. The molecular weight excluding hydrogens is 365 g/mol. The number of halogens is 1. The van der Waals surface area contributed by atoms with E-state index in [4.69, 9.17) is 14.2 Å². The molecule has 0 saturated heterocycles. The first-order chi connectivity index (χ1) is 13.5. The van der Waals surface area contributed by atoms with Gasteiger partial charge in [0.2, 0.25) is 5.91 Å². The molecule has 1 unspecified atom stereocenters. The number of cyclic esters (lactones) is 1. The van der Waals surface area contributed by atoms with Crippen molar-refractivity contribution in [3.8, 4) is 11.5 Å². The van der Waals surface area contributed by atoms with Gasteiger partial charge in [-0.3, -0.25) is 9.69 Å². The summed E-state index contributed by atoms with van der Waals surface area (Å²) < 4.78 is 29.8. The lowest BCUT2D eigenvalue weighted by Gasteiger charge is -2.32. The Bertz CT molecular complexity index is 1000. The third-order valence-electron chi connectivity index (χ3n) is 4.99. The van der Waals surface area contributed by atoms with Crippen LogP contribution < -0.4 is 14.4 Å². The number of ether oxygens (including phenoxy) is 3. The van der Waals surface area contributed by atoms with Crippen molar-refractivity contribution in [2.45, 2.75) is 12.3 Å². The van der Waals surface area contributed by atoms with Crippen molar-refractivity contribution in [2.75, 3.05) is 25.7 Å². The van der Waals surface area contributed by atoms with E-state index in [1.54, 1.807) is 24.3 Å². The number of esters is 1. The van der Waals surface area contributed by atoms with Crippen molar-refractivity contribution in [1.29, 1.82) is 0 Å². The van der Waals surface area contributed by atoms with Gasteiger partial charge < -0.3 is 14.2 Å². The van der Waals surface area contributed by atoms with Crippen LogP contribution in [0, 0.1) is 5.82 Å². The molecule has 1 amide bonds. The minimum absolute atomic E-state index is 0.0218. The monoisotopic (exact) mass is 383 g/mol. The van der Waals surface area contributed by atoms with Gasteiger partial charge in [-0.05, 0) is 24.3 Å². The Morgan fingerprint density at radius 2 is 1.89 bits per heavy atom. The van der Waals surface area contributed by atoms with Crippen LogP contribution in [-0.2, 0) is 14.3 Å². The molecule has 1 atom stereocenters. The zero-order valence-electron chi connectivity index (χ0n) is 15.4. The van der Waals surface area contributed by atoms with Crippen LogP contribution >= 0.6 is 0 Å². The number of methoxy groups -OCH3 is 2. The van der Waals surface area contributed by atoms with E-state index in [0.717, 1.165) is 0 Å². The average molecular weight is 383 g/mol. The lowest BCUT2D eigenvalue weighted by atomic mass is 9.83. The van der Waals surface area contributed by atoms with Crippen LogP contribution in [0.2, 0.25) is 0 Å². The topological polar surface area (TPSA) is 65.1 Å². The maximum Gasteiger partial charge on any atom is 0.336 e. The summed E-state index contributed by atoms with van der Waals surface area (Å²) in [4.78, 5) is 26.9. The van der Waals surface area contributed by atoms with Crippen molar-refractivity contribution in [2.24, 2.45) is 0 Å². The summed E-state index contributed by atoms with van der Waals surface area (Å²) in [5.74, 6) is -0.764. The summed E-state index contributed by atoms with van der Waals surface area (Å²) in [5, 5.41) is 0. The van der Waals surface area contributed by atoms with E-state index < -0.39 is 17.7 Å². The van der Waals surface area contributed by atoms with Gasteiger partial charge in [0, 0.05) is 17.9 Å². The van der Waals surface area contributed by atoms with E-state index in [-0.39, 0.29) is 18.9 Å². The molecule has 2 aromatic rings. The molecule has 6 nitrogen and oxygen atoms in total. The molecule has 2 aliphatic heterocycles. The van der Waals surface area contributed by atoms with E-state index in [0.29, 0.717) is 34.0 Å². The highest BCUT2D eigenvalue weighted by molar-refractivity contribution is 6.06. The molecular formula is C21H18FNO5. The van der Waals surface area contributed by atoms with Crippen molar-refractivity contribution < 1.29 is 28.2 Å². The zero-order valence-corrected chi connectivity index (χ0v) is 15.4. The average Bonchev–Trinajstić information content (AvgIpc) is 3.08. The van der Waals surface area contributed by atoms with Gasteiger partial charge in [-0.2, -0.15) is 0 Å². The Kier molecular flexibility index (Phi) is 4.50. The molecule has 2 aromatic carbocycles. The summed E-state index contributed by atoms with van der Waals surface area (Å²) in [7, 11) is 3.03. The van der Waals surface area contributed by atoms with Crippen LogP contribution in [0.4, 0.5) is 10.1 Å². The van der Waals surface area contributed by atoms with Gasteiger partial charge in [-0.15, -0.1) is 0 Å². The molecule has 0 radical (unpaired) electrons. The predicted molar refractivity (Wildman–Crippen MR) is 98.8 cm³/mol. The predicted octanol–water partition coefficient (Wildman–Crippen LogP) is 3.17. The van der Waals surface area contributed by atoms with Gasteiger partial charge in [0.25, 0.3) is 0 Å². The molecule has 0 N–H and O–H groups in total. The standard InChI is InChI=1S/C21H18FNO5/c1-26-17-8-4-7-14(20(17)27-2)15-10-18(24)23(13-6-3-5-12(22)9-13)16-11-28-21(25)19(15)16/h3-9,15H,10-11H2,1-2H3. The summed E-state index contributed by atoms with van der Waals surface area (Å²) in [5.41, 5.74) is 1.85. The largest absolute Gasteiger partial charge is 0.493 e. The Morgan fingerprint density at radius 3 is 2.61 bits per heavy atom. The van der Waals surface area contributed by atoms with Crippen molar-refractivity contribution in [3.05, 3.63) is 65.1 Å². The summed E-state index contributed by atoms with van der Waals surface area (Å²) >= 11 is 0. The number of rotatable bonds is 4. The van der Waals surface area contributed by atoms with Crippen LogP contribution in [0.5, 0.6) is 11.5 Å². The molecule has 2 heterocycles. The minimum atomic E-state index is -0.535. The van der Waals surface area contributed by atoms with Crippen molar-refractivity contribution in [1.82, 2.24) is 0 Å². The number of benzene rings is 2. The Balaban J connectivity index is 1.87. The minimum Gasteiger partial charge on any atom is -0.493 e. The van der Waals surface area contributed by atoms with E-state index in [1.807, 2.05) is 0 Å². The molecule has 0 aromatic heterocycles. The first-order valence-electron chi connectivity index (χ1n) is 8.74. The molecule has 7 heteroatoms. The molecule has 0 spiro atoms. The molecule has 144 valence electrons. The summed E-state index contributed by atoms with van der Waals surface area (Å²) in [6, 6.07) is 11.0. The number of carbonyl (C=O) groups is 2. The highest BCUT2D eigenvalue weighted by atomic mass is 19.1. The van der Waals surface area contributed by atoms with Gasteiger partial charge >= 0.3 is 5.97 Å². The molecule has 4 rings (SSSR count). The van der Waals surface area contributed by atoms with Crippen LogP contribution in [0.25, 0.3) is 0 Å². The van der Waals surface area contributed by atoms with E-state index in [1.165, 1.54) is 37.3 Å².